The van der Waals surface area contributed by atoms with E-state index in [9.17, 15) is 0 Å². The number of benzene rings is 1. The van der Waals surface area contributed by atoms with E-state index in [0.29, 0.717) is 0 Å². The predicted molar refractivity (Wildman–Crippen MR) is 90.8 cm³/mol. The Morgan fingerprint density at radius 1 is 1.05 bits per heavy atom. The molecule has 2 heteroatoms. The maximum Gasteiger partial charge on any atom is 0.0480 e. The van der Waals surface area contributed by atoms with E-state index >= 15 is 0 Å². The third-order valence-corrected chi connectivity index (χ3v) is 5.22. The van der Waals surface area contributed by atoms with Crippen molar-refractivity contribution >= 4 is 26.8 Å². The summed E-state index contributed by atoms with van der Waals surface area (Å²) >= 11 is 3.51. The van der Waals surface area contributed by atoms with Crippen LogP contribution in [0, 0.1) is 0 Å². The Bertz CT molecular complexity index is 552. The van der Waals surface area contributed by atoms with Crippen LogP contribution >= 0.6 is 15.9 Å². The number of hydrogen-bond acceptors (Lipinski definition) is 0. The van der Waals surface area contributed by atoms with Crippen LogP contribution in [0.1, 0.15) is 56.4 Å². The van der Waals surface area contributed by atoms with Crippen molar-refractivity contribution in [2.75, 3.05) is 5.33 Å². The van der Waals surface area contributed by atoms with Crippen molar-refractivity contribution in [2.45, 2.75) is 57.4 Å². The van der Waals surface area contributed by atoms with Crippen molar-refractivity contribution in [1.29, 1.82) is 0 Å². The molecule has 0 spiro atoms. The number of halogens is 1. The zero-order chi connectivity index (χ0) is 13.8. The molecule has 0 unspecified atom stereocenters. The van der Waals surface area contributed by atoms with Crippen LogP contribution in [0.15, 0.2) is 30.5 Å². The Balaban J connectivity index is 1.78. The van der Waals surface area contributed by atoms with E-state index in [1.807, 2.05) is 0 Å². The first-order chi connectivity index (χ1) is 9.88. The van der Waals surface area contributed by atoms with Gasteiger partial charge in [-0.1, -0.05) is 41.3 Å². The largest absolute Gasteiger partial charge is 0.347 e. The molecule has 0 saturated heterocycles. The van der Waals surface area contributed by atoms with Crippen LogP contribution in [0.2, 0.25) is 0 Å². The molecule has 20 heavy (non-hydrogen) atoms. The third kappa shape index (κ3) is 3.11. The summed E-state index contributed by atoms with van der Waals surface area (Å²) in [5.74, 6) is 0.810. The summed E-state index contributed by atoms with van der Waals surface area (Å²) in [6.07, 6.45) is 11.8. The Morgan fingerprint density at radius 3 is 2.70 bits per heavy atom. The third-order valence-electron chi connectivity index (χ3n) is 4.65. The molecule has 0 radical (unpaired) electrons. The lowest BCUT2D eigenvalue weighted by Gasteiger charge is -2.22. The van der Waals surface area contributed by atoms with Gasteiger partial charge < -0.3 is 4.57 Å². The van der Waals surface area contributed by atoms with Gasteiger partial charge in [-0.25, -0.2) is 0 Å². The SMILES string of the molecule is BrCCCCn1ccc2cc(C3CCCCC3)ccc21. The monoisotopic (exact) mass is 333 g/mol. The molecule has 1 fully saturated rings. The van der Waals surface area contributed by atoms with Crippen LogP contribution in [0.3, 0.4) is 0 Å². The predicted octanol–water partition coefficient (Wildman–Crippen LogP) is 5.86. The Labute approximate surface area is 130 Å². The van der Waals surface area contributed by atoms with Gasteiger partial charge in [0.15, 0.2) is 0 Å². The minimum Gasteiger partial charge on any atom is -0.347 e. The van der Waals surface area contributed by atoms with Crippen molar-refractivity contribution < 1.29 is 0 Å². The summed E-state index contributed by atoms with van der Waals surface area (Å²) in [6.45, 7) is 1.14. The van der Waals surface area contributed by atoms with Gasteiger partial charge in [0.1, 0.15) is 0 Å². The van der Waals surface area contributed by atoms with E-state index in [2.05, 4.69) is 51.0 Å². The highest BCUT2D eigenvalue weighted by Gasteiger charge is 2.16. The Hall–Kier alpha value is -0.760. The zero-order valence-corrected chi connectivity index (χ0v) is 13.7. The smallest absolute Gasteiger partial charge is 0.0480 e. The Morgan fingerprint density at radius 2 is 1.90 bits per heavy atom. The molecular formula is C18H24BrN. The molecule has 0 N–H and O–H groups in total. The minimum atomic E-state index is 0.810. The van der Waals surface area contributed by atoms with Crippen molar-refractivity contribution in [1.82, 2.24) is 4.57 Å². The summed E-state index contributed by atoms with van der Waals surface area (Å²) in [5, 5.41) is 2.53. The van der Waals surface area contributed by atoms with Crippen LogP contribution in [-0.2, 0) is 6.54 Å². The number of rotatable bonds is 5. The van der Waals surface area contributed by atoms with Gasteiger partial charge in [-0.15, -0.1) is 0 Å². The van der Waals surface area contributed by atoms with Gasteiger partial charge in [-0.05, 0) is 60.7 Å². The number of unbranched alkanes of at least 4 members (excludes halogenated alkanes) is 1. The first-order valence-corrected chi connectivity index (χ1v) is 9.15. The number of nitrogens with zero attached hydrogens (tertiary/aromatic N) is 1. The highest BCUT2D eigenvalue weighted by Crippen LogP contribution is 2.34. The molecule has 1 aliphatic rings. The quantitative estimate of drug-likeness (QED) is 0.476. The highest BCUT2D eigenvalue weighted by atomic mass is 79.9. The second-order valence-electron chi connectivity index (χ2n) is 6.06. The van der Waals surface area contributed by atoms with Crippen molar-refractivity contribution in [2.24, 2.45) is 0 Å². The summed E-state index contributed by atoms with van der Waals surface area (Å²) in [4.78, 5) is 0. The van der Waals surface area contributed by atoms with E-state index in [4.69, 9.17) is 0 Å². The van der Waals surface area contributed by atoms with Gasteiger partial charge in [-0.2, -0.15) is 0 Å². The lowest BCUT2D eigenvalue weighted by Crippen LogP contribution is -2.04. The number of fused-ring (bicyclic) bond motifs is 1. The standard InChI is InChI=1S/C18H24BrN/c19-11-4-5-12-20-13-10-17-14-16(8-9-18(17)20)15-6-2-1-3-7-15/h8-10,13-15H,1-7,11-12H2. The second kappa shape index (κ2) is 6.80. The van der Waals surface area contributed by atoms with Crippen LogP contribution in [-0.4, -0.2) is 9.90 Å². The molecule has 0 amide bonds. The molecule has 1 aromatic carbocycles. The molecule has 1 aromatic heterocycles. The van der Waals surface area contributed by atoms with Gasteiger partial charge >= 0.3 is 0 Å². The lowest BCUT2D eigenvalue weighted by atomic mass is 9.84. The lowest BCUT2D eigenvalue weighted by molar-refractivity contribution is 0.444. The van der Waals surface area contributed by atoms with Crippen LogP contribution in [0.5, 0.6) is 0 Å². The number of hydrogen-bond donors (Lipinski definition) is 0. The summed E-state index contributed by atoms with van der Waals surface area (Å²) < 4.78 is 2.41. The maximum absolute atomic E-state index is 3.51. The van der Waals surface area contributed by atoms with Gasteiger partial charge in [0, 0.05) is 23.6 Å². The maximum atomic E-state index is 3.51. The molecule has 1 heterocycles. The first kappa shape index (κ1) is 14.2. The fourth-order valence-corrected chi connectivity index (χ4v) is 3.88. The molecule has 0 atom stereocenters. The first-order valence-electron chi connectivity index (χ1n) is 8.03. The molecule has 0 aliphatic heterocycles. The number of aromatic nitrogens is 1. The van der Waals surface area contributed by atoms with E-state index in [-0.39, 0.29) is 0 Å². The number of alkyl halides is 1. The molecule has 1 nitrogen and oxygen atoms in total. The van der Waals surface area contributed by atoms with E-state index in [1.165, 1.54) is 55.8 Å². The highest BCUT2D eigenvalue weighted by molar-refractivity contribution is 9.09. The molecule has 1 aliphatic carbocycles. The van der Waals surface area contributed by atoms with Crippen molar-refractivity contribution in [3.05, 3.63) is 36.0 Å². The van der Waals surface area contributed by atoms with Crippen molar-refractivity contribution in [3.8, 4) is 0 Å². The van der Waals surface area contributed by atoms with E-state index in [1.54, 1.807) is 5.56 Å². The molecule has 0 bridgehead atoms. The Kier molecular flexibility index (Phi) is 4.82. The summed E-state index contributed by atoms with van der Waals surface area (Å²) in [7, 11) is 0. The van der Waals surface area contributed by atoms with Crippen molar-refractivity contribution in [3.63, 3.8) is 0 Å². The van der Waals surface area contributed by atoms with Crippen LogP contribution < -0.4 is 0 Å². The average Bonchev–Trinajstić information content (AvgIpc) is 2.91. The van der Waals surface area contributed by atoms with Gasteiger partial charge in [0.25, 0.3) is 0 Å². The normalized spacial score (nSPS) is 16.9. The van der Waals surface area contributed by atoms with Gasteiger partial charge in [0.05, 0.1) is 0 Å². The number of aryl methyl sites for hydroxylation is 1. The summed E-state index contributed by atoms with van der Waals surface area (Å²) in [6, 6.07) is 9.44. The average molecular weight is 334 g/mol. The van der Waals surface area contributed by atoms with Crippen LogP contribution in [0.4, 0.5) is 0 Å². The van der Waals surface area contributed by atoms with Crippen LogP contribution in [0.25, 0.3) is 10.9 Å². The summed E-state index contributed by atoms with van der Waals surface area (Å²) in [5.41, 5.74) is 2.97. The minimum absolute atomic E-state index is 0.810. The fourth-order valence-electron chi connectivity index (χ4n) is 3.48. The van der Waals surface area contributed by atoms with Gasteiger partial charge in [-0.3, -0.25) is 0 Å². The van der Waals surface area contributed by atoms with E-state index in [0.717, 1.165) is 17.8 Å². The van der Waals surface area contributed by atoms with Gasteiger partial charge in [0.2, 0.25) is 0 Å². The molecule has 3 rings (SSSR count). The molecule has 108 valence electrons. The molecule has 1 saturated carbocycles. The van der Waals surface area contributed by atoms with E-state index < -0.39 is 0 Å². The molecule has 2 aromatic rings. The topological polar surface area (TPSA) is 4.93 Å². The second-order valence-corrected chi connectivity index (χ2v) is 6.85. The fraction of sp³-hybridized carbons (Fsp3) is 0.556. The molecular weight excluding hydrogens is 310 g/mol. The zero-order valence-electron chi connectivity index (χ0n) is 12.2.